The van der Waals surface area contributed by atoms with Crippen LogP contribution < -0.4 is 10.3 Å². The minimum Gasteiger partial charge on any atom is -0.494 e. The fourth-order valence-electron chi connectivity index (χ4n) is 3.34. The fraction of sp³-hybridized carbons (Fsp3) is 0.115. The van der Waals surface area contributed by atoms with Gasteiger partial charge in [0, 0.05) is 34.3 Å². The summed E-state index contributed by atoms with van der Waals surface area (Å²) >= 11 is 0. The molecule has 0 fully saturated rings. The van der Waals surface area contributed by atoms with Gasteiger partial charge in [0.15, 0.2) is 16.8 Å². The molecule has 4 rings (SSSR count). The normalized spacial score (nSPS) is 12.1. The standard InChI is InChI=1S/C26H21FN2O4S/c27-20-9-12-24(22(17-20)26(31)18-6-2-1-3-7-18)34(32)28-14-4-5-15-33-21-10-11-23-19(16-21)8-13-25(30)29-23/h1-3,6-14,16-17H,4-5,15H2,(H,29,30)/b28-14+. The number of hydrogen-bond donors (Lipinski definition) is 1. The van der Waals surface area contributed by atoms with E-state index in [1.807, 2.05) is 6.07 Å². The smallest absolute Gasteiger partial charge is 0.248 e. The quantitative estimate of drug-likeness (QED) is 0.212. The highest BCUT2D eigenvalue weighted by Crippen LogP contribution is 2.21. The summed E-state index contributed by atoms with van der Waals surface area (Å²) in [5.41, 5.74) is 0.991. The molecule has 0 bridgehead atoms. The van der Waals surface area contributed by atoms with Crippen LogP contribution in [0.2, 0.25) is 0 Å². The summed E-state index contributed by atoms with van der Waals surface area (Å²) in [4.78, 5) is 27.1. The Labute approximate surface area is 197 Å². The highest BCUT2D eigenvalue weighted by Gasteiger charge is 2.18. The number of H-pyrrole nitrogens is 1. The lowest BCUT2D eigenvalue weighted by molar-refractivity contribution is 0.103. The highest BCUT2D eigenvalue weighted by atomic mass is 32.2. The van der Waals surface area contributed by atoms with E-state index in [0.29, 0.717) is 30.8 Å². The molecule has 8 heteroatoms. The number of aromatic amines is 1. The van der Waals surface area contributed by atoms with Crippen LogP contribution in [-0.4, -0.2) is 27.8 Å². The van der Waals surface area contributed by atoms with Crippen molar-refractivity contribution >= 4 is 33.9 Å². The molecular weight excluding hydrogens is 455 g/mol. The van der Waals surface area contributed by atoms with Crippen molar-refractivity contribution in [2.45, 2.75) is 17.7 Å². The monoisotopic (exact) mass is 476 g/mol. The maximum atomic E-state index is 13.8. The number of rotatable bonds is 9. The third-order valence-electron chi connectivity index (χ3n) is 5.02. The Balaban J connectivity index is 1.34. The van der Waals surface area contributed by atoms with Crippen LogP contribution in [0, 0.1) is 5.82 Å². The molecule has 4 aromatic rings. The predicted octanol–water partition coefficient (Wildman–Crippen LogP) is 4.85. The van der Waals surface area contributed by atoms with Crippen molar-refractivity contribution in [1.29, 1.82) is 0 Å². The molecule has 0 spiro atoms. The number of aromatic nitrogens is 1. The van der Waals surface area contributed by atoms with Gasteiger partial charge >= 0.3 is 0 Å². The molecule has 1 unspecified atom stereocenters. The molecule has 34 heavy (non-hydrogen) atoms. The lowest BCUT2D eigenvalue weighted by atomic mass is 10.0. The van der Waals surface area contributed by atoms with E-state index in [0.717, 1.165) is 23.0 Å². The topological polar surface area (TPSA) is 88.6 Å². The number of carbonyl (C=O) groups excluding carboxylic acids is 1. The Morgan fingerprint density at radius 2 is 1.85 bits per heavy atom. The molecular formula is C26H21FN2O4S. The van der Waals surface area contributed by atoms with E-state index in [1.54, 1.807) is 48.5 Å². The second-order valence-electron chi connectivity index (χ2n) is 7.44. The van der Waals surface area contributed by atoms with Crippen molar-refractivity contribution in [3.8, 4) is 5.75 Å². The predicted molar refractivity (Wildman–Crippen MR) is 130 cm³/mol. The third-order valence-corrected chi connectivity index (χ3v) is 6.09. The molecule has 0 aliphatic carbocycles. The summed E-state index contributed by atoms with van der Waals surface area (Å²) in [5, 5.41) is 0.870. The van der Waals surface area contributed by atoms with E-state index in [1.165, 1.54) is 18.3 Å². The number of carbonyl (C=O) groups is 1. The second-order valence-corrected chi connectivity index (χ2v) is 8.58. The van der Waals surface area contributed by atoms with Crippen molar-refractivity contribution in [2.75, 3.05) is 6.61 Å². The van der Waals surface area contributed by atoms with Crippen LogP contribution in [-0.2, 0) is 11.0 Å². The van der Waals surface area contributed by atoms with Gasteiger partial charge in [-0.1, -0.05) is 30.3 Å². The van der Waals surface area contributed by atoms with Crippen LogP contribution in [0.4, 0.5) is 4.39 Å². The largest absolute Gasteiger partial charge is 0.494 e. The van der Waals surface area contributed by atoms with Gasteiger partial charge < -0.3 is 9.72 Å². The van der Waals surface area contributed by atoms with Gasteiger partial charge in [0.25, 0.3) is 0 Å². The minimum atomic E-state index is -1.84. The van der Waals surface area contributed by atoms with E-state index in [-0.39, 0.29) is 16.0 Å². The van der Waals surface area contributed by atoms with Crippen LogP contribution in [0.15, 0.2) is 93.0 Å². The molecule has 0 amide bonds. The van der Waals surface area contributed by atoms with Crippen molar-refractivity contribution in [3.05, 3.63) is 106 Å². The SMILES string of the molecule is O=C(c1ccccc1)c1cc(F)ccc1S(=O)/N=C/CCCOc1ccc2[nH]c(=O)ccc2c1. The first kappa shape index (κ1) is 23.3. The first-order valence-corrected chi connectivity index (χ1v) is 11.7. The van der Waals surface area contributed by atoms with Crippen LogP contribution >= 0.6 is 0 Å². The average molecular weight is 477 g/mol. The lowest BCUT2D eigenvalue weighted by Crippen LogP contribution is -2.07. The van der Waals surface area contributed by atoms with Gasteiger partial charge in [0.05, 0.1) is 11.5 Å². The number of hydrogen-bond acceptors (Lipinski definition) is 4. The second kappa shape index (κ2) is 10.8. The Morgan fingerprint density at radius 3 is 2.68 bits per heavy atom. The molecule has 172 valence electrons. The number of nitrogens with zero attached hydrogens (tertiary/aromatic N) is 1. The van der Waals surface area contributed by atoms with Gasteiger partial charge in [0.1, 0.15) is 11.6 Å². The van der Waals surface area contributed by atoms with E-state index in [9.17, 15) is 18.2 Å². The number of halogens is 1. The van der Waals surface area contributed by atoms with Crippen molar-refractivity contribution in [3.63, 3.8) is 0 Å². The van der Waals surface area contributed by atoms with Gasteiger partial charge in [-0.05, 0) is 55.3 Å². The van der Waals surface area contributed by atoms with Crippen LogP contribution in [0.1, 0.15) is 28.8 Å². The zero-order valence-corrected chi connectivity index (χ0v) is 18.9. The van der Waals surface area contributed by atoms with Gasteiger partial charge in [-0.25, -0.2) is 8.60 Å². The maximum Gasteiger partial charge on any atom is 0.248 e. The molecule has 0 aliphatic heterocycles. The number of fused-ring (bicyclic) bond motifs is 1. The summed E-state index contributed by atoms with van der Waals surface area (Å²) in [6, 6.07) is 20.6. The van der Waals surface area contributed by atoms with E-state index in [2.05, 4.69) is 9.38 Å². The van der Waals surface area contributed by atoms with E-state index in [4.69, 9.17) is 4.74 Å². The maximum absolute atomic E-state index is 13.8. The summed E-state index contributed by atoms with van der Waals surface area (Å²) in [6.45, 7) is 0.418. The molecule has 1 heterocycles. The van der Waals surface area contributed by atoms with Gasteiger partial charge in [-0.15, -0.1) is 0 Å². The number of nitrogens with one attached hydrogen (secondary N) is 1. The van der Waals surface area contributed by atoms with E-state index < -0.39 is 22.6 Å². The lowest BCUT2D eigenvalue weighted by Gasteiger charge is -2.07. The van der Waals surface area contributed by atoms with Crippen molar-refractivity contribution < 1.29 is 18.1 Å². The summed E-state index contributed by atoms with van der Waals surface area (Å²) in [5.74, 6) is -0.317. The summed E-state index contributed by atoms with van der Waals surface area (Å²) < 4.78 is 36.3. The number of benzene rings is 3. The molecule has 3 aromatic carbocycles. The fourth-order valence-corrected chi connectivity index (χ4v) is 4.22. The number of pyridine rings is 1. The van der Waals surface area contributed by atoms with Crippen LogP contribution in [0.25, 0.3) is 10.9 Å². The van der Waals surface area contributed by atoms with Crippen molar-refractivity contribution in [1.82, 2.24) is 4.98 Å². The Hall–Kier alpha value is -3.91. The molecule has 0 aliphatic rings. The minimum absolute atomic E-state index is 0.0302. The molecule has 6 nitrogen and oxygen atoms in total. The third kappa shape index (κ3) is 5.71. The number of ether oxygens (including phenoxy) is 1. The average Bonchev–Trinajstić information content (AvgIpc) is 2.86. The molecule has 1 N–H and O–H groups in total. The zero-order valence-electron chi connectivity index (χ0n) is 18.1. The Kier molecular flexibility index (Phi) is 7.39. The summed E-state index contributed by atoms with van der Waals surface area (Å²) in [7, 11) is -1.84. The Morgan fingerprint density at radius 1 is 1.03 bits per heavy atom. The molecule has 0 saturated carbocycles. The van der Waals surface area contributed by atoms with Gasteiger partial charge in [0.2, 0.25) is 5.56 Å². The van der Waals surface area contributed by atoms with E-state index >= 15 is 0 Å². The van der Waals surface area contributed by atoms with Crippen LogP contribution in [0.5, 0.6) is 5.75 Å². The van der Waals surface area contributed by atoms with Crippen LogP contribution in [0.3, 0.4) is 0 Å². The first-order chi connectivity index (χ1) is 16.5. The highest BCUT2D eigenvalue weighted by molar-refractivity contribution is 7.84. The number of ketones is 1. The first-order valence-electron chi connectivity index (χ1n) is 10.6. The molecule has 1 aromatic heterocycles. The molecule has 0 saturated heterocycles. The number of unbranched alkanes of at least 4 members (excludes halogenated alkanes) is 1. The molecule has 1 atom stereocenters. The van der Waals surface area contributed by atoms with Gasteiger partial charge in [-0.2, -0.15) is 4.40 Å². The van der Waals surface area contributed by atoms with Crippen molar-refractivity contribution in [2.24, 2.45) is 4.40 Å². The van der Waals surface area contributed by atoms with Gasteiger partial charge in [-0.3, -0.25) is 9.59 Å². The Bertz CT molecular complexity index is 1430. The molecule has 0 radical (unpaired) electrons. The zero-order chi connectivity index (χ0) is 23.9. The summed E-state index contributed by atoms with van der Waals surface area (Å²) in [6.07, 6.45) is 2.66.